The maximum Gasteiger partial charge on any atom is 0.416 e. The number of ether oxygens (including phenoxy) is 1. The van der Waals surface area contributed by atoms with Crippen molar-refractivity contribution in [1.82, 2.24) is 19.9 Å². The maximum atomic E-state index is 12.6. The third kappa shape index (κ3) is 3.66. The molecule has 27 heavy (non-hydrogen) atoms. The maximum absolute atomic E-state index is 12.6. The molecule has 0 atom stereocenters. The van der Waals surface area contributed by atoms with E-state index in [0.717, 1.165) is 17.8 Å². The summed E-state index contributed by atoms with van der Waals surface area (Å²) in [6, 6.07) is 11.5. The number of fused-ring (bicyclic) bond motifs is 1. The molecule has 2 N–H and O–H groups in total. The summed E-state index contributed by atoms with van der Waals surface area (Å²) in [7, 11) is 0. The third-order valence-electron chi connectivity index (χ3n) is 3.76. The Balaban J connectivity index is 1.47. The zero-order chi connectivity index (χ0) is 18.9. The predicted molar refractivity (Wildman–Crippen MR) is 92.9 cm³/mol. The van der Waals surface area contributed by atoms with Crippen LogP contribution < -0.4 is 10.1 Å². The highest BCUT2D eigenvalue weighted by atomic mass is 19.4. The van der Waals surface area contributed by atoms with Crippen LogP contribution in [-0.2, 0) is 6.18 Å². The van der Waals surface area contributed by atoms with Gasteiger partial charge >= 0.3 is 6.18 Å². The van der Waals surface area contributed by atoms with Crippen molar-refractivity contribution in [2.24, 2.45) is 0 Å². The van der Waals surface area contributed by atoms with Gasteiger partial charge < -0.3 is 15.0 Å². The average molecular weight is 371 g/mol. The Labute approximate surface area is 151 Å². The van der Waals surface area contributed by atoms with Crippen molar-refractivity contribution in [2.45, 2.75) is 6.18 Å². The van der Waals surface area contributed by atoms with E-state index in [0.29, 0.717) is 28.5 Å². The van der Waals surface area contributed by atoms with Crippen LogP contribution in [0.25, 0.3) is 11.2 Å². The molecule has 0 aliphatic heterocycles. The SMILES string of the molecule is FC(F)(F)c1ccc(Oc2ccc(Nc3ncnc4nc[nH]c34)cc2)cc1. The Kier molecular flexibility index (Phi) is 4.11. The fourth-order valence-electron chi connectivity index (χ4n) is 2.45. The summed E-state index contributed by atoms with van der Waals surface area (Å²) < 4.78 is 43.3. The van der Waals surface area contributed by atoms with E-state index in [2.05, 4.69) is 25.3 Å². The molecule has 0 amide bonds. The van der Waals surface area contributed by atoms with E-state index in [-0.39, 0.29) is 0 Å². The first-order valence-corrected chi connectivity index (χ1v) is 7.85. The molecule has 0 spiro atoms. The Bertz CT molecular complexity index is 1060. The van der Waals surface area contributed by atoms with Crippen LogP contribution in [0.15, 0.2) is 61.2 Å². The van der Waals surface area contributed by atoms with Gasteiger partial charge in [0.1, 0.15) is 23.3 Å². The number of benzene rings is 2. The van der Waals surface area contributed by atoms with Gasteiger partial charge in [-0.05, 0) is 48.5 Å². The van der Waals surface area contributed by atoms with E-state index in [9.17, 15) is 13.2 Å². The van der Waals surface area contributed by atoms with E-state index < -0.39 is 11.7 Å². The molecule has 2 heterocycles. The summed E-state index contributed by atoms with van der Waals surface area (Å²) in [6.45, 7) is 0. The molecule has 0 radical (unpaired) electrons. The molecule has 0 aliphatic carbocycles. The van der Waals surface area contributed by atoms with Crippen molar-refractivity contribution in [3.05, 3.63) is 66.7 Å². The van der Waals surface area contributed by atoms with Gasteiger partial charge in [0, 0.05) is 5.69 Å². The summed E-state index contributed by atoms with van der Waals surface area (Å²) in [6.07, 6.45) is -1.42. The van der Waals surface area contributed by atoms with E-state index in [1.165, 1.54) is 24.8 Å². The van der Waals surface area contributed by atoms with Gasteiger partial charge in [0.05, 0.1) is 11.9 Å². The van der Waals surface area contributed by atoms with Crippen LogP contribution in [0.4, 0.5) is 24.7 Å². The van der Waals surface area contributed by atoms with Crippen molar-refractivity contribution in [2.75, 3.05) is 5.32 Å². The zero-order valence-electron chi connectivity index (χ0n) is 13.7. The van der Waals surface area contributed by atoms with E-state index >= 15 is 0 Å². The van der Waals surface area contributed by atoms with Gasteiger partial charge in [-0.3, -0.25) is 0 Å². The predicted octanol–water partition coefficient (Wildman–Crippen LogP) is 4.91. The molecule has 2 aromatic carbocycles. The highest BCUT2D eigenvalue weighted by molar-refractivity contribution is 5.84. The quantitative estimate of drug-likeness (QED) is 0.533. The number of nitrogens with zero attached hydrogens (tertiary/aromatic N) is 3. The van der Waals surface area contributed by atoms with E-state index in [1.54, 1.807) is 24.3 Å². The minimum absolute atomic E-state index is 0.318. The average Bonchev–Trinajstić information content (AvgIpc) is 3.13. The number of hydrogen-bond acceptors (Lipinski definition) is 5. The molecule has 6 nitrogen and oxygen atoms in total. The van der Waals surface area contributed by atoms with Crippen molar-refractivity contribution >= 4 is 22.7 Å². The monoisotopic (exact) mass is 371 g/mol. The number of nitrogens with one attached hydrogen (secondary N) is 2. The van der Waals surface area contributed by atoms with Crippen LogP contribution in [0, 0.1) is 0 Å². The fraction of sp³-hybridized carbons (Fsp3) is 0.0556. The van der Waals surface area contributed by atoms with Gasteiger partial charge in [-0.15, -0.1) is 0 Å². The molecule has 4 aromatic rings. The number of aromatic nitrogens is 4. The Morgan fingerprint density at radius 1 is 0.852 bits per heavy atom. The highest BCUT2D eigenvalue weighted by Crippen LogP contribution is 2.31. The Morgan fingerprint density at radius 3 is 2.19 bits per heavy atom. The molecule has 2 aromatic heterocycles. The molecule has 136 valence electrons. The smallest absolute Gasteiger partial charge is 0.416 e. The highest BCUT2D eigenvalue weighted by Gasteiger charge is 2.30. The van der Waals surface area contributed by atoms with Crippen molar-refractivity contribution in [1.29, 1.82) is 0 Å². The van der Waals surface area contributed by atoms with Crippen LogP contribution in [-0.4, -0.2) is 19.9 Å². The lowest BCUT2D eigenvalue weighted by Gasteiger charge is -2.10. The van der Waals surface area contributed by atoms with Crippen LogP contribution >= 0.6 is 0 Å². The van der Waals surface area contributed by atoms with Crippen LogP contribution in [0.1, 0.15) is 5.56 Å². The van der Waals surface area contributed by atoms with Gasteiger partial charge in [0.2, 0.25) is 0 Å². The second kappa shape index (κ2) is 6.60. The molecule has 0 aliphatic rings. The number of rotatable bonds is 4. The normalized spacial score (nSPS) is 11.5. The number of anilines is 2. The molecule has 0 bridgehead atoms. The number of imidazole rings is 1. The number of aromatic amines is 1. The minimum Gasteiger partial charge on any atom is -0.457 e. The van der Waals surface area contributed by atoms with E-state index in [4.69, 9.17) is 4.74 Å². The first kappa shape index (κ1) is 16.8. The van der Waals surface area contributed by atoms with Crippen molar-refractivity contribution in [3.8, 4) is 11.5 Å². The lowest BCUT2D eigenvalue weighted by Crippen LogP contribution is -2.03. The summed E-state index contributed by atoms with van der Waals surface area (Å²) in [4.78, 5) is 15.2. The molecule has 9 heteroatoms. The van der Waals surface area contributed by atoms with Gasteiger partial charge in [0.25, 0.3) is 0 Å². The number of halogens is 3. The first-order valence-electron chi connectivity index (χ1n) is 7.85. The summed E-state index contributed by atoms with van der Waals surface area (Å²) in [5, 5.41) is 3.15. The third-order valence-corrected chi connectivity index (χ3v) is 3.76. The van der Waals surface area contributed by atoms with Gasteiger partial charge in [0.15, 0.2) is 11.5 Å². The summed E-state index contributed by atoms with van der Waals surface area (Å²) in [5.41, 5.74) is 1.27. The van der Waals surface area contributed by atoms with Crippen molar-refractivity contribution in [3.63, 3.8) is 0 Å². The lowest BCUT2D eigenvalue weighted by molar-refractivity contribution is -0.137. The first-order chi connectivity index (χ1) is 13.0. The van der Waals surface area contributed by atoms with Crippen LogP contribution in [0.5, 0.6) is 11.5 Å². The largest absolute Gasteiger partial charge is 0.457 e. The molecule has 4 rings (SSSR count). The second-order valence-electron chi connectivity index (χ2n) is 5.60. The standard InChI is InChI=1S/C18H12F3N5O/c19-18(20,21)11-1-5-13(6-2-11)27-14-7-3-12(4-8-14)26-17-15-16(23-9-22-15)24-10-25-17/h1-10H,(H2,22,23,24,25,26). The minimum atomic E-state index is -4.37. The van der Waals surface area contributed by atoms with Crippen molar-refractivity contribution < 1.29 is 17.9 Å². The zero-order valence-corrected chi connectivity index (χ0v) is 13.7. The summed E-state index contributed by atoms with van der Waals surface area (Å²) >= 11 is 0. The number of hydrogen-bond donors (Lipinski definition) is 2. The van der Waals surface area contributed by atoms with Gasteiger partial charge in [-0.2, -0.15) is 13.2 Å². The second-order valence-corrected chi connectivity index (χ2v) is 5.60. The van der Waals surface area contributed by atoms with Gasteiger partial charge in [-0.1, -0.05) is 0 Å². The lowest BCUT2D eigenvalue weighted by atomic mass is 10.2. The number of H-pyrrole nitrogens is 1. The Hall–Kier alpha value is -3.62. The fourth-order valence-corrected chi connectivity index (χ4v) is 2.45. The number of alkyl halides is 3. The van der Waals surface area contributed by atoms with Crippen LogP contribution in [0.3, 0.4) is 0 Å². The topological polar surface area (TPSA) is 75.7 Å². The van der Waals surface area contributed by atoms with Gasteiger partial charge in [-0.25, -0.2) is 15.0 Å². The Morgan fingerprint density at radius 2 is 1.52 bits per heavy atom. The van der Waals surface area contributed by atoms with Crippen LogP contribution in [0.2, 0.25) is 0 Å². The molecule has 0 fully saturated rings. The summed E-state index contributed by atoms with van der Waals surface area (Å²) in [5.74, 6) is 1.39. The molecule has 0 saturated carbocycles. The molecular formula is C18H12F3N5O. The van der Waals surface area contributed by atoms with E-state index in [1.807, 2.05) is 0 Å². The molecule has 0 saturated heterocycles. The molecular weight excluding hydrogens is 359 g/mol. The molecule has 0 unspecified atom stereocenters.